The van der Waals surface area contributed by atoms with Gasteiger partial charge in [0.2, 0.25) is 5.91 Å². The van der Waals surface area contributed by atoms with E-state index in [2.05, 4.69) is 46.0 Å². The minimum atomic E-state index is 0.139. The molecule has 0 saturated heterocycles. The maximum absolute atomic E-state index is 11.4. The van der Waals surface area contributed by atoms with E-state index in [0.717, 1.165) is 12.1 Å². The zero-order valence-corrected chi connectivity index (χ0v) is 11.4. The third kappa shape index (κ3) is 2.08. The molecule has 2 heteroatoms. The molecule has 2 nitrogen and oxygen atoms in total. The molecule has 0 atom stereocenters. The van der Waals surface area contributed by atoms with Crippen LogP contribution in [0.2, 0.25) is 0 Å². The molecule has 92 valence electrons. The predicted octanol–water partition coefficient (Wildman–Crippen LogP) is 3.49. The summed E-state index contributed by atoms with van der Waals surface area (Å²) in [5, 5.41) is 2.98. The molecule has 1 aromatic carbocycles. The lowest BCUT2D eigenvalue weighted by atomic mass is 9.78. The average Bonchev–Trinajstić information content (AvgIpc) is 2.13. The van der Waals surface area contributed by atoms with Crippen molar-refractivity contribution in [1.29, 1.82) is 0 Å². The van der Waals surface area contributed by atoms with Gasteiger partial charge in [-0.2, -0.15) is 0 Å². The summed E-state index contributed by atoms with van der Waals surface area (Å²) in [6.45, 7) is 11.1. The first-order valence-electron chi connectivity index (χ1n) is 6.24. The second-order valence-corrected chi connectivity index (χ2v) is 6.02. The molecule has 2 rings (SSSR count). The molecular weight excluding hydrogens is 210 g/mol. The molecule has 0 aliphatic carbocycles. The van der Waals surface area contributed by atoms with E-state index in [1.165, 1.54) is 22.3 Å². The monoisotopic (exact) mass is 231 g/mol. The molecule has 1 aliphatic rings. The van der Waals surface area contributed by atoms with Crippen molar-refractivity contribution in [3.63, 3.8) is 0 Å². The van der Waals surface area contributed by atoms with Gasteiger partial charge in [-0.25, -0.2) is 0 Å². The van der Waals surface area contributed by atoms with Crippen molar-refractivity contribution >= 4 is 11.6 Å². The first kappa shape index (κ1) is 12.2. The van der Waals surface area contributed by atoms with Crippen molar-refractivity contribution in [1.82, 2.24) is 0 Å². The number of hydrogen-bond donors (Lipinski definition) is 1. The number of carbonyl (C=O) groups is 1. The van der Waals surface area contributed by atoms with E-state index in [4.69, 9.17) is 0 Å². The number of benzene rings is 1. The molecule has 1 aromatic rings. The lowest BCUT2D eigenvalue weighted by molar-refractivity contribution is -0.116. The molecule has 0 radical (unpaired) electrons. The van der Waals surface area contributed by atoms with Crippen molar-refractivity contribution in [3.8, 4) is 0 Å². The Bertz CT molecular complexity index is 481. The van der Waals surface area contributed by atoms with Crippen LogP contribution in [0.5, 0.6) is 0 Å². The fraction of sp³-hybridized carbons (Fsp3) is 0.533. The molecule has 0 unspecified atom stereocenters. The number of anilines is 1. The first-order chi connectivity index (χ1) is 7.80. The van der Waals surface area contributed by atoms with Gasteiger partial charge in [-0.1, -0.05) is 20.8 Å². The number of fused-ring (bicyclic) bond motifs is 1. The highest BCUT2D eigenvalue weighted by Gasteiger charge is 2.25. The Morgan fingerprint density at radius 3 is 2.41 bits per heavy atom. The van der Waals surface area contributed by atoms with Crippen LogP contribution in [-0.4, -0.2) is 5.91 Å². The SMILES string of the molecule is Cc1cc2c(c(C)c1C(C)(C)C)CCC(=O)N2. The molecule has 0 fully saturated rings. The highest BCUT2D eigenvalue weighted by molar-refractivity contribution is 5.94. The van der Waals surface area contributed by atoms with Crippen molar-refractivity contribution in [2.45, 2.75) is 52.9 Å². The second-order valence-electron chi connectivity index (χ2n) is 6.02. The van der Waals surface area contributed by atoms with Gasteiger partial charge >= 0.3 is 0 Å². The van der Waals surface area contributed by atoms with Gasteiger partial charge in [0, 0.05) is 12.1 Å². The number of rotatable bonds is 0. The summed E-state index contributed by atoms with van der Waals surface area (Å²) in [6, 6.07) is 2.12. The number of nitrogens with one attached hydrogen (secondary N) is 1. The molecule has 1 heterocycles. The maximum Gasteiger partial charge on any atom is 0.224 e. The zero-order chi connectivity index (χ0) is 12.8. The van der Waals surface area contributed by atoms with Gasteiger partial charge in [0.25, 0.3) is 0 Å². The van der Waals surface area contributed by atoms with E-state index in [1.807, 2.05) is 0 Å². The van der Waals surface area contributed by atoms with Gasteiger partial charge in [-0.05, 0) is 54.0 Å². The summed E-state index contributed by atoms with van der Waals surface area (Å²) in [5.41, 5.74) is 6.55. The highest BCUT2D eigenvalue weighted by atomic mass is 16.1. The van der Waals surface area contributed by atoms with Crippen LogP contribution in [0.3, 0.4) is 0 Å². The number of aryl methyl sites for hydroxylation is 1. The van der Waals surface area contributed by atoms with Crippen LogP contribution in [-0.2, 0) is 16.6 Å². The molecule has 1 N–H and O–H groups in total. The smallest absolute Gasteiger partial charge is 0.224 e. The van der Waals surface area contributed by atoms with E-state index in [1.54, 1.807) is 0 Å². The minimum absolute atomic E-state index is 0.139. The number of hydrogen-bond acceptors (Lipinski definition) is 1. The van der Waals surface area contributed by atoms with E-state index in [-0.39, 0.29) is 11.3 Å². The Kier molecular flexibility index (Phi) is 2.76. The van der Waals surface area contributed by atoms with Crippen molar-refractivity contribution in [2.75, 3.05) is 5.32 Å². The van der Waals surface area contributed by atoms with E-state index in [0.29, 0.717) is 6.42 Å². The van der Waals surface area contributed by atoms with Gasteiger partial charge in [-0.15, -0.1) is 0 Å². The first-order valence-corrected chi connectivity index (χ1v) is 6.24. The Hall–Kier alpha value is -1.31. The molecule has 1 amide bonds. The fourth-order valence-corrected chi connectivity index (χ4v) is 3.06. The summed E-state index contributed by atoms with van der Waals surface area (Å²) >= 11 is 0. The molecule has 0 aromatic heterocycles. The minimum Gasteiger partial charge on any atom is -0.326 e. The molecule has 0 bridgehead atoms. The lowest BCUT2D eigenvalue weighted by Crippen LogP contribution is -2.23. The summed E-state index contributed by atoms with van der Waals surface area (Å²) in [6.07, 6.45) is 1.48. The Balaban J connectivity index is 2.63. The van der Waals surface area contributed by atoms with E-state index in [9.17, 15) is 4.79 Å². The molecule has 0 saturated carbocycles. The molecule has 1 aliphatic heterocycles. The van der Waals surface area contributed by atoms with Crippen molar-refractivity contribution < 1.29 is 4.79 Å². The summed E-state index contributed by atoms with van der Waals surface area (Å²) in [5.74, 6) is 0.139. The lowest BCUT2D eigenvalue weighted by Gasteiger charge is -2.29. The van der Waals surface area contributed by atoms with Gasteiger partial charge in [-0.3, -0.25) is 4.79 Å². The van der Waals surface area contributed by atoms with Crippen LogP contribution in [0, 0.1) is 13.8 Å². The van der Waals surface area contributed by atoms with Crippen LogP contribution >= 0.6 is 0 Å². The van der Waals surface area contributed by atoms with Gasteiger partial charge in [0.05, 0.1) is 0 Å². The van der Waals surface area contributed by atoms with Crippen molar-refractivity contribution in [3.05, 3.63) is 28.3 Å². The molecule has 17 heavy (non-hydrogen) atoms. The van der Waals surface area contributed by atoms with Crippen LogP contribution in [0.4, 0.5) is 5.69 Å². The largest absolute Gasteiger partial charge is 0.326 e. The quantitative estimate of drug-likeness (QED) is 0.727. The number of carbonyl (C=O) groups excluding carboxylic acids is 1. The summed E-state index contributed by atoms with van der Waals surface area (Å²) in [4.78, 5) is 11.4. The van der Waals surface area contributed by atoms with Crippen molar-refractivity contribution in [2.24, 2.45) is 0 Å². The van der Waals surface area contributed by atoms with Crippen LogP contribution in [0.1, 0.15) is 49.4 Å². The zero-order valence-electron chi connectivity index (χ0n) is 11.4. The normalized spacial score (nSPS) is 15.5. The summed E-state index contributed by atoms with van der Waals surface area (Å²) < 4.78 is 0. The van der Waals surface area contributed by atoms with Gasteiger partial charge in [0.1, 0.15) is 0 Å². The third-order valence-electron chi connectivity index (χ3n) is 3.53. The van der Waals surface area contributed by atoms with Crippen LogP contribution in [0.25, 0.3) is 0 Å². The number of amides is 1. The maximum atomic E-state index is 11.4. The molecular formula is C15H21NO. The van der Waals surface area contributed by atoms with Crippen LogP contribution in [0.15, 0.2) is 6.07 Å². The second kappa shape index (κ2) is 3.86. The Morgan fingerprint density at radius 2 is 1.82 bits per heavy atom. The van der Waals surface area contributed by atoms with Gasteiger partial charge < -0.3 is 5.32 Å². The van der Waals surface area contributed by atoms with E-state index < -0.39 is 0 Å². The standard InChI is InChI=1S/C15H21NO/c1-9-8-12-11(6-7-13(17)16-12)10(2)14(9)15(3,4)5/h8H,6-7H2,1-5H3,(H,16,17). The third-order valence-corrected chi connectivity index (χ3v) is 3.53. The average molecular weight is 231 g/mol. The van der Waals surface area contributed by atoms with E-state index >= 15 is 0 Å². The predicted molar refractivity (Wildman–Crippen MR) is 71.6 cm³/mol. The van der Waals surface area contributed by atoms with Gasteiger partial charge in [0.15, 0.2) is 0 Å². The summed E-state index contributed by atoms with van der Waals surface area (Å²) in [7, 11) is 0. The Morgan fingerprint density at radius 1 is 1.18 bits per heavy atom. The molecule has 0 spiro atoms. The van der Waals surface area contributed by atoms with Crippen LogP contribution < -0.4 is 5.32 Å². The topological polar surface area (TPSA) is 29.1 Å². The fourth-order valence-electron chi connectivity index (χ4n) is 3.06. The highest BCUT2D eigenvalue weighted by Crippen LogP contribution is 2.36. The Labute approximate surface area is 103 Å².